The maximum Gasteiger partial charge on any atom is 0.416 e. The highest BCUT2D eigenvalue weighted by Gasteiger charge is 2.45. The summed E-state index contributed by atoms with van der Waals surface area (Å²) < 4.78 is 107. The first-order valence-electron chi connectivity index (χ1n) is 14.3. The quantitative estimate of drug-likeness (QED) is 0.388. The van der Waals surface area contributed by atoms with Crippen LogP contribution < -0.4 is 5.32 Å². The van der Waals surface area contributed by atoms with Gasteiger partial charge >= 0.3 is 12.4 Å². The minimum Gasteiger partial charge on any atom is -0.340 e. The molecule has 1 N–H and O–H groups in total. The number of nitrogens with zero attached hydrogens (tertiary/aromatic N) is 2. The van der Waals surface area contributed by atoms with E-state index < -0.39 is 68.7 Å². The van der Waals surface area contributed by atoms with Crippen LogP contribution in [0.4, 0.5) is 26.3 Å². The van der Waals surface area contributed by atoms with Gasteiger partial charge in [0.15, 0.2) is 9.84 Å². The van der Waals surface area contributed by atoms with E-state index in [2.05, 4.69) is 10.2 Å². The third-order valence-corrected chi connectivity index (χ3v) is 10.5. The molecule has 2 aliphatic rings. The lowest BCUT2D eigenvalue weighted by atomic mass is 9.81. The minimum absolute atomic E-state index is 0.0687. The Kier molecular flexibility index (Phi) is 9.74. The van der Waals surface area contributed by atoms with Gasteiger partial charge in [-0.05, 0) is 82.8 Å². The first-order valence-corrected chi connectivity index (χ1v) is 15.9. The van der Waals surface area contributed by atoms with E-state index in [1.165, 1.54) is 17.0 Å². The smallest absolute Gasteiger partial charge is 0.340 e. The van der Waals surface area contributed by atoms with Gasteiger partial charge in [0.05, 0.1) is 21.8 Å². The Bertz CT molecular complexity index is 1430. The van der Waals surface area contributed by atoms with Gasteiger partial charge in [-0.15, -0.1) is 0 Å². The standard InChI is InChI=1S/C30H35F6N3O4S/c1-18(2)38(3)23-9-10-26(20(15-23)17-44(42,43)24-7-5-4-6-8-24)39-12-11-25(28(39)41)37-27(40)19-13-21(29(31,32)33)16-22(14-19)30(34,35)36/h4-8,13-14,16,18,20,23,25-26H,9-12,15,17H2,1-3H3,(H,37,40)/t20-,23+,25?,26-/m0/s1. The molecule has 2 aromatic carbocycles. The fourth-order valence-corrected chi connectivity index (χ4v) is 7.79. The van der Waals surface area contributed by atoms with Gasteiger partial charge in [0.25, 0.3) is 5.91 Å². The molecule has 44 heavy (non-hydrogen) atoms. The summed E-state index contributed by atoms with van der Waals surface area (Å²) >= 11 is 0. The molecule has 2 aromatic rings. The molecule has 1 saturated heterocycles. The Hall–Kier alpha value is -3.13. The number of hydrogen-bond donors (Lipinski definition) is 1. The zero-order chi connectivity index (χ0) is 32.6. The summed E-state index contributed by atoms with van der Waals surface area (Å²) in [4.78, 5) is 30.2. The summed E-state index contributed by atoms with van der Waals surface area (Å²) in [5, 5.41) is 2.31. The van der Waals surface area contributed by atoms with Crippen LogP contribution in [-0.4, -0.2) is 73.5 Å². The molecule has 0 aromatic heterocycles. The van der Waals surface area contributed by atoms with E-state index in [1.54, 1.807) is 18.2 Å². The number of sulfone groups is 1. The second-order valence-electron chi connectivity index (χ2n) is 11.8. The van der Waals surface area contributed by atoms with Crippen molar-refractivity contribution in [2.45, 2.75) is 80.9 Å². The number of carbonyl (C=O) groups excluding carboxylic acids is 2. The molecule has 14 heteroatoms. The molecule has 1 heterocycles. The van der Waals surface area contributed by atoms with Gasteiger partial charge in [-0.2, -0.15) is 26.3 Å². The predicted molar refractivity (Wildman–Crippen MR) is 150 cm³/mol. The molecule has 4 rings (SSSR count). The molecular formula is C30H35F6N3O4S. The second kappa shape index (κ2) is 12.7. The average molecular weight is 648 g/mol. The molecule has 0 radical (unpaired) electrons. The monoisotopic (exact) mass is 647 g/mol. The van der Waals surface area contributed by atoms with Gasteiger partial charge in [-0.1, -0.05) is 18.2 Å². The van der Waals surface area contributed by atoms with Crippen molar-refractivity contribution >= 4 is 21.7 Å². The lowest BCUT2D eigenvalue weighted by Crippen LogP contribution is -2.53. The van der Waals surface area contributed by atoms with Crippen LogP contribution in [0.25, 0.3) is 0 Å². The third-order valence-electron chi connectivity index (χ3n) is 8.64. The molecule has 242 valence electrons. The highest BCUT2D eigenvalue weighted by atomic mass is 32.2. The van der Waals surface area contributed by atoms with Crippen molar-refractivity contribution in [1.82, 2.24) is 15.1 Å². The van der Waals surface area contributed by atoms with Gasteiger partial charge in [0.1, 0.15) is 6.04 Å². The normalized spacial score (nSPS) is 23.4. The van der Waals surface area contributed by atoms with Crippen LogP contribution in [0.3, 0.4) is 0 Å². The summed E-state index contributed by atoms with van der Waals surface area (Å²) in [6.45, 7) is 4.21. The van der Waals surface area contributed by atoms with Crippen LogP contribution in [0.2, 0.25) is 0 Å². The second-order valence-corrected chi connectivity index (χ2v) is 13.8. The number of halogens is 6. The molecule has 2 fully saturated rings. The van der Waals surface area contributed by atoms with E-state index >= 15 is 0 Å². The number of hydrogen-bond acceptors (Lipinski definition) is 5. The van der Waals surface area contributed by atoms with Crippen molar-refractivity contribution in [2.24, 2.45) is 5.92 Å². The first-order chi connectivity index (χ1) is 20.4. The van der Waals surface area contributed by atoms with Crippen molar-refractivity contribution in [3.8, 4) is 0 Å². The topological polar surface area (TPSA) is 86.8 Å². The Labute approximate surface area is 252 Å². The highest BCUT2D eigenvalue weighted by Crippen LogP contribution is 2.38. The third kappa shape index (κ3) is 7.56. The van der Waals surface area contributed by atoms with Crippen molar-refractivity contribution < 1.29 is 44.3 Å². The molecule has 0 spiro atoms. The van der Waals surface area contributed by atoms with Gasteiger partial charge in [0, 0.05) is 30.2 Å². The lowest BCUT2D eigenvalue weighted by molar-refractivity contribution is -0.143. The van der Waals surface area contributed by atoms with Crippen LogP contribution in [0.15, 0.2) is 53.4 Å². The Morgan fingerprint density at radius 1 is 0.977 bits per heavy atom. The number of carbonyl (C=O) groups is 2. The van der Waals surface area contributed by atoms with E-state index in [0.717, 1.165) is 0 Å². The Morgan fingerprint density at radius 2 is 1.57 bits per heavy atom. The van der Waals surface area contributed by atoms with Gasteiger partial charge in [-0.3, -0.25) is 9.59 Å². The van der Waals surface area contributed by atoms with Crippen molar-refractivity contribution in [2.75, 3.05) is 19.3 Å². The average Bonchev–Trinajstić information content (AvgIpc) is 3.30. The van der Waals surface area contributed by atoms with Crippen molar-refractivity contribution in [3.05, 3.63) is 65.2 Å². The summed E-state index contributed by atoms with van der Waals surface area (Å²) in [7, 11) is -1.76. The minimum atomic E-state index is -5.13. The van der Waals surface area contributed by atoms with E-state index in [1.807, 2.05) is 20.9 Å². The molecule has 0 bridgehead atoms. The maximum atomic E-state index is 13.5. The van der Waals surface area contributed by atoms with Crippen LogP contribution in [0.5, 0.6) is 0 Å². The molecule has 4 atom stereocenters. The highest BCUT2D eigenvalue weighted by molar-refractivity contribution is 7.91. The van der Waals surface area contributed by atoms with Crippen LogP contribution in [-0.2, 0) is 27.0 Å². The fourth-order valence-electron chi connectivity index (χ4n) is 6.10. The van der Waals surface area contributed by atoms with E-state index in [-0.39, 0.29) is 41.8 Å². The maximum absolute atomic E-state index is 13.5. The molecule has 7 nitrogen and oxygen atoms in total. The Morgan fingerprint density at radius 3 is 2.11 bits per heavy atom. The fraction of sp³-hybridized carbons (Fsp3) is 0.533. The summed E-state index contributed by atoms with van der Waals surface area (Å²) in [6.07, 6.45) is -8.52. The number of likely N-dealkylation sites (tertiary alicyclic amines) is 1. The zero-order valence-electron chi connectivity index (χ0n) is 24.5. The largest absolute Gasteiger partial charge is 0.416 e. The van der Waals surface area contributed by atoms with E-state index in [4.69, 9.17) is 0 Å². The number of alkyl halides is 6. The summed E-state index contributed by atoms with van der Waals surface area (Å²) in [5.74, 6) is -2.46. The molecule has 1 unspecified atom stereocenters. The molecule has 1 aliphatic carbocycles. The molecule has 1 saturated carbocycles. The van der Waals surface area contributed by atoms with Gasteiger partial charge < -0.3 is 15.1 Å². The van der Waals surface area contributed by atoms with Crippen molar-refractivity contribution in [3.63, 3.8) is 0 Å². The number of nitrogens with one attached hydrogen (secondary N) is 1. The van der Waals surface area contributed by atoms with Gasteiger partial charge in [0.2, 0.25) is 5.91 Å². The molecular weight excluding hydrogens is 612 g/mol. The lowest BCUT2D eigenvalue weighted by Gasteiger charge is -2.44. The number of rotatable bonds is 8. The Balaban J connectivity index is 1.55. The van der Waals surface area contributed by atoms with Crippen LogP contribution >= 0.6 is 0 Å². The zero-order valence-corrected chi connectivity index (χ0v) is 25.3. The number of amides is 2. The van der Waals surface area contributed by atoms with E-state index in [0.29, 0.717) is 31.4 Å². The predicted octanol–water partition coefficient (Wildman–Crippen LogP) is 5.41. The van der Waals surface area contributed by atoms with Gasteiger partial charge in [-0.25, -0.2) is 8.42 Å². The first kappa shape index (κ1) is 33.8. The number of benzene rings is 2. The molecule has 2 amide bonds. The summed E-state index contributed by atoms with van der Waals surface area (Å²) in [6, 6.07) is 7.14. The van der Waals surface area contributed by atoms with Crippen LogP contribution in [0.1, 0.15) is 61.0 Å². The SMILES string of the molecule is CC(C)N(C)[C@@H]1CC[C@H](N2CCC(NC(=O)c3cc(C(F)(F)F)cc(C(F)(F)F)c3)C2=O)[C@H](CS(=O)(=O)c2ccccc2)C1. The van der Waals surface area contributed by atoms with E-state index in [9.17, 15) is 44.3 Å². The van der Waals surface area contributed by atoms with Crippen molar-refractivity contribution in [1.29, 1.82) is 0 Å². The molecule has 1 aliphatic heterocycles. The van der Waals surface area contributed by atoms with Crippen LogP contribution in [0, 0.1) is 5.92 Å². The summed E-state index contributed by atoms with van der Waals surface area (Å²) in [5.41, 5.74) is -4.15.